The molecule has 1 N–H and O–H groups in total. The minimum Gasteiger partial charge on any atom is -0.324 e. The zero-order chi connectivity index (χ0) is 17.1. The molecule has 0 saturated carbocycles. The Morgan fingerprint density at radius 2 is 2.04 bits per heavy atom. The molecule has 1 aliphatic heterocycles. The van der Waals surface area contributed by atoms with Crippen LogP contribution in [0.3, 0.4) is 0 Å². The van der Waals surface area contributed by atoms with Crippen LogP contribution >= 0.6 is 11.6 Å². The van der Waals surface area contributed by atoms with Crippen LogP contribution in [0.15, 0.2) is 48.5 Å². The number of halogens is 1. The Balaban J connectivity index is 1.72. The number of anilines is 2. The number of carbonyl (C=O) groups is 2. The van der Waals surface area contributed by atoms with Gasteiger partial charge in [-0.3, -0.25) is 9.59 Å². The lowest BCUT2D eigenvalue weighted by Crippen LogP contribution is -2.28. The van der Waals surface area contributed by atoms with E-state index in [1.807, 2.05) is 30.3 Å². The normalized spacial score (nSPS) is 17.2. The van der Waals surface area contributed by atoms with E-state index in [-0.39, 0.29) is 24.2 Å². The second-order valence-corrected chi connectivity index (χ2v) is 6.31. The van der Waals surface area contributed by atoms with Gasteiger partial charge in [0.1, 0.15) is 0 Å². The van der Waals surface area contributed by atoms with Crippen molar-refractivity contribution >= 4 is 34.8 Å². The fourth-order valence-electron chi connectivity index (χ4n) is 2.87. The largest absolute Gasteiger partial charge is 0.324 e. The van der Waals surface area contributed by atoms with Crippen LogP contribution in [0.4, 0.5) is 11.4 Å². The number of hydrogen-bond donors (Lipinski definition) is 1. The van der Waals surface area contributed by atoms with E-state index >= 15 is 0 Å². The number of nitrogens with zero attached hydrogens (tertiary/aromatic N) is 1. The second kappa shape index (κ2) is 7.05. The van der Waals surface area contributed by atoms with E-state index in [2.05, 4.69) is 12.2 Å². The number of aryl methyl sites for hydroxylation is 1. The Labute approximate surface area is 146 Å². The molecule has 1 fully saturated rings. The standard InChI is InChI=1S/C19H19ClN2O2/c1-2-13-6-5-7-15(10-13)22-12-14(11-18(22)23)19(24)21-17-9-4-3-8-16(17)20/h3-10,14H,2,11-12H2,1H3,(H,21,24)/t14-/m1/s1. The Kier molecular flexibility index (Phi) is 4.86. The molecule has 0 aliphatic carbocycles. The molecule has 0 bridgehead atoms. The predicted molar refractivity (Wildman–Crippen MR) is 96.4 cm³/mol. The number of benzene rings is 2. The molecule has 0 unspecified atom stereocenters. The van der Waals surface area contributed by atoms with Gasteiger partial charge in [-0.15, -0.1) is 0 Å². The molecule has 1 heterocycles. The number of amides is 2. The third kappa shape index (κ3) is 3.44. The maximum Gasteiger partial charge on any atom is 0.229 e. The number of carbonyl (C=O) groups excluding carboxylic acids is 2. The highest BCUT2D eigenvalue weighted by Crippen LogP contribution is 2.28. The van der Waals surface area contributed by atoms with Gasteiger partial charge in [0.15, 0.2) is 0 Å². The number of rotatable bonds is 4. The first-order chi connectivity index (χ1) is 11.6. The van der Waals surface area contributed by atoms with E-state index in [1.54, 1.807) is 23.1 Å². The molecule has 5 heteroatoms. The number of hydrogen-bond acceptors (Lipinski definition) is 2. The van der Waals surface area contributed by atoms with Crippen molar-refractivity contribution < 1.29 is 9.59 Å². The molecular formula is C19H19ClN2O2. The predicted octanol–water partition coefficient (Wildman–Crippen LogP) is 3.89. The summed E-state index contributed by atoms with van der Waals surface area (Å²) in [4.78, 5) is 26.5. The van der Waals surface area contributed by atoms with Gasteiger partial charge >= 0.3 is 0 Å². The van der Waals surface area contributed by atoms with Crippen molar-refractivity contribution in [1.82, 2.24) is 0 Å². The lowest BCUT2D eigenvalue weighted by atomic mass is 10.1. The van der Waals surface area contributed by atoms with E-state index in [0.717, 1.165) is 12.1 Å². The molecular weight excluding hydrogens is 324 g/mol. The molecule has 1 aliphatic rings. The average molecular weight is 343 g/mol. The molecule has 2 amide bonds. The van der Waals surface area contributed by atoms with Crippen LogP contribution in [0.5, 0.6) is 0 Å². The molecule has 0 spiro atoms. The lowest BCUT2D eigenvalue weighted by molar-refractivity contribution is -0.122. The maximum absolute atomic E-state index is 12.5. The number of para-hydroxylation sites is 1. The van der Waals surface area contributed by atoms with Crippen molar-refractivity contribution in [1.29, 1.82) is 0 Å². The summed E-state index contributed by atoms with van der Waals surface area (Å²) in [5, 5.41) is 3.31. The lowest BCUT2D eigenvalue weighted by Gasteiger charge is -2.17. The first kappa shape index (κ1) is 16.5. The SMILES string of the molecule is CCc1cccc(N2C[C@H](C(=O)Nc3ccccc3Cl)CC2=O)c1. The molecule has 0 aromatic heterocycles. The Bertz CT molecular complexity index is 775. The fraction of sp³-hybridized carbons (Fsp3) is 0.263. The van der Waals surface area contributed by atoms with Gasteiger partial charge in [0, 0.05) is 18.7 Å². The van der Waals surface area contributed by atoms with Crippen LogP contribution in [0.2, 0.25) is 5.02 Å². The summed E-state index contributed by atoms with van der Waals surface area (Å²) >= 11 is 6.07. The smallest absolute Gasteiger partial charge is 0.229 e. The summed E-state index contributed by atoms with van der Waals surface area (Å²) in [6.07, 6.45) is 1.12. The van der Waals surface area contributed by atoms with Crippen molar-refractivity contribution in [3.8, 4) is 0 Å². The summed E-state index contributed by atoms with van der Waals surface area (Å²) in [5.74, 6) is -0.577. The van der Waals surface area contributed by atoms with Crippen LogP contribution in [0, 0.1) is 5.92 Å². The first-order valence-electron chi connectivity index (χ1n) is 8.03. The third-order valence-electron chi connectivity index (χ3n) is 4.26. The maximum atomic E-state index is 12.5. The van der Waals surface area contributed by atoms with Crippen molar-refractivity contribution in [3.05, 3.63) is 59.1 Å². The van der Waals surface area contributed by atoms with Crippen LogP contribution in [0.25, 0.3) is 0 Å². The van der Waals surface area contributed by atoms with Crippen LogP contribution in [-0.2, 0) is 16.0 Å². The fourth-order valence-corrected chi connectivity index (χ4v) is 3.06. The highest BCUT2D eigenvalue weighted by atomic mass is 35.5. The molecule has 2 aromatic carbocycles. The topological polar surface area (TPSA) is 49.4 Å². The zero-order valence-corrected chi connectivity index (χ0v) is 14.2. The van der Waals surface area contributed by atoms with Gasteiger partial charge in [0.25, 0.3) is 0 Å². The van der Waals surface area contributed by atoms with Crippen molar-refractivity contribution in [2.24, 2.45) is 5.92 Å². The zero-order valence-electron chi connectivity index (χ0n) is 13.5. The summed E-state index contributed by atoms with van der Waals surface area (Å²) < 4.78 is 0. The van der Waals surface area contributed by atoms with Gasteiger partial charge in [-0.2, -0.15) is 0 Å². The third-order valence-corrected chi connectivity index (χ3v) is 4.59. The number of nitrogens with one attached hydrogen (secondary N) is 1. The van der Waals surface area contributed by atoms with Gasteiger partial charge < -0.3 is 10.2 Å². The summed E-state index contributed by atoms with van der Waals surface area (Å²) in [6, 6.07) is 15.0. The van der Waals surface area contributed by atoms with Crippen LogP contribution in [0.1, 0.15) is 18.9 Å². The average Bonchev–Trinajstić information content (AvgIpc) is 2.99. The molecule has 1 saturated heterocycles. The Morgan fingerprint density at radius 1 is 1.25 bits per heavy atom. The Morgan fingerprint density at radius 3 is 2.79 bits per heavy atom. The monoisotopic (exact) mass is 342 g/mol. The van der Waals surface area contributed by atoms with Gasteiger partial charge in [-0.05, 0) is 36.2 Å². The van der Waals surface area contributed by atoms with Gasteiger partial charge in [0.05, 0.1) is 16.6 Å². The first-order valence-corrected chi connectivity index (χ1v) is 8.41. The molecule has 4 nitrogen and oxygen atoms in total. The highest BCUT2D eigenvalue weighted by Gasteiger charge is 2.35. The minimum absolute atomic E-state index is 0.0254. The summed E-state index contributed by atoms with van der Waals surface area (Å²) in [6.45, 7) is 2.47. The van der Waals surface area contributed by atoms with E-state index in [1.165, 1.54) is 5.56 Å². The van der Waals surface area contributed by atoms with Crippen LogP contribution < -0.4 is 10.2 Å². The summed E-state index contributed by atoms with van der Waals surface area (Å²) in [7, 11) is 0. The van der Waals surface area contributed by atoms with Gasteiger partial charge in [0.2, 0.25) is 11.8 Å². The molecule has 124 valence electrons. The van der Waals surface area contributed by atoms with Crippen molar-refractivity contribution in [3.63, 3.8) is 0 Å². The van der Waals surface area contributed by atoms with E-state index < -0.39 is 0 Å². The van der Waals surface area contributed by atoms with Crippen molar-refractivity contribution in [2.75, 3.05) is 16.8 Å². The molecule has 2 aromatic rings. The summed E-state index contributed by atoms with van der Waals surface area (Å²) in [5.41, 5.74) is 2.60. The highest BCUT2D eigenvalue weighted by molar-refractivity contribution is 6.33. The quantitative estimate of drug-likeness (QED) is 0.916. The second-order valence-electron chi connectivity index (χ2n) is 5.90. The molecule has 24 heavy (non-hydrogen) atoms. The molecule has 0 radical (unpaired) electrons. The van der Waals surface area contributed by atoms with Gasteiger partial charge in [-0.1, -0.05) is 42.8 Å². The van der Waals surface area contributed by atoms with Crippen LogP contribution in [-0.4, -0.2) is 18.4 Å². The minimum atomic E-state index is -0.376. The van der Waals surface area contributed by atoms with E-state index in [0.29, 0.717) is 17.3 Å². The van der Waals surface area contributed by atoms with Gasteiger partial charge in [-0.25, -0.2) is 0 Å². The Hall–Kier alpha value is -2.33. The van der Waals surface area contributed by atoms with Crippen molar-refractivity contribution in [2.45, 2.75) is 19.8 Å². The molecule has 3 rings (SSSR count). The van der Waals surface area contributed by atoms with E-state index in [4.69, 9.17) is 11.6 Å². The van der Waals surface area contributed by atoms with E-state index in [9.17, 15) is 9.59 Å². The molecule has 1 atom stereocenters.